The topological polar surface area (TPSA) is 94.6 Å². The van der Waals surface area contributed by atoms with Crippen LogP contribution in [0.4, 0.5) is 0 Å². The summed E-state index contributed by atoms with van der Waals surface area (Å²) < 4.78 is 11.7. The number of esters is 1. The Kier molecular flexibility index (Phi) is 5.01. The molecule has 1 N–H and O–H groups in total. The SMILES string of the molecule is CCOC(=O)C1=C(C)Cc2c1c(C#C[C@@](C)(O)c1cc(C)no1)cn(C)c2=O. The lowest BCUT2D eigenvalue weighted by Crippen LogP contribution is -2.23. The van der Waals surface area contributed by atoms with E-state index in [2.05, 4.69) is 17.0 Å². The van der Waals surface area contributed by atoms with Crippen LogP contribution in [0.1, 0.15) is 48.9 Å². The smallest absolute Gasteiger partial charge is 0.338 e. The van der Waals surface area contributed by atoms with Crippen molar-refractivity contribution in [2.75, 3.05) is 6.61 Å². The van der Waals surface area contributed by atoms with Crippen molar-refractivity contribution in [3.05, 3.63) is 56.3 Å². The summed E-state index contributed by atoms with van der Waals surface area (Å²) in [5.41, 5.74) is 1.45. The number of carbonyl (C=O) groups excluding carboxylic acids is 1. The molecule has 0 spiro atoms. The number of aromatic nitrogens is 2. The van der Waals surface area contributed by atoms with Crippen molar-refractivity contribution in [2.45, 2.75) is 39.7 Å². The van der Waals surface area contributed by atoms with Crippen LogP contribution in [0.2, 0.25) is 0 Å². The van der Waals surface area contributed by atoms with E-state index in [0.717, 1.165) is 5.57 Å². The van der Waals surface area contributed by atoms with E-state index < -0.39 is 11.6 Å². The van der Waals surface area contributed by atoms with E-state index >= 15 is 0 Å². The molecule has 146 valence electrons. The number of hydrogen-bond acceptors (Lipinski definition) is 6. The lowest BCUT2D eigenvalue weighted by atomic mass is 9.99. The van der Waals surface area contributed by atoms with Crippen molar-refractivity contribution in [1.29, 1.82) is 0 Å². The summed E-state index contributed by atoms with van der Waals surface area (Å²) in [6.07, 6.45) is 1.93. The van der Waals surface area contributed by atoms with Crippen molar-refractivity contribution in [2.24, 2.45) is 7.05 Å². The second-order valence-corrected chi connectivity index (χ2v) is 7.02. The number of aryl methyl sites for hydroxylation is 2. The van der Waals surface area contributed by atoms with Gasteiger partial charge in [-0.05, 0) is 27.7 Å². The molecular formula is C21H22N2O5. The zero-order chi connectivity index (χ0) is 20.6. The minimum atomic E-state index is -1.58. The highest BCUT2D eigenvalue weighted by atomic mass is 16.5. The number of rotatable bonds is 3. The minimum absolute atomic E-state index is 0.184. The van der Waals surface area contributed by atoms with Crippen LogP contribution in [-0.2, 0) is 28.6 Å². The summed E-state index contributed by atoms with van der Waals surface area (Å²) >= 11 is 0. The molecule has 3 rings (SSSR count). The van der Waals surface area contributed by atoms with Crippen LogP contribution in [0.3, 0.4) is 0 Å². The Balaban J connectivity index is 2.15. The van der Waals surface area contributed by atoms with Crippen molar-refractivity contribution in [3.63, 3.8) is 0 Å². The van der Waals surface area contributed by atoms with E-state index in [1.165, 1.54) is 11.5 Å². The highest BCUT2D eigenvalue weighted by Gasteiger charge is 2.31. The average molecular weight is 382 g/mol. The number of pyridine rings is 1. The summed E-state index contributed by atoms with van der Waals surface area (Å²) in [5.74, 6) is 5.43. The third kappa shape index (κ3) is 3.39. The fraction of sp³-hybridized carbons (Fsp3) is 0.381. The van der Waals surface area contributed by atoms with Gasteiger partial charge in [0.15, 0.2) is 11.4 Å². The zero-order valence-electron chi connectivity index (χ0n) is 16.5. The molecular weight excluding hydrogens is 360 g/mol. The van der Waals surface area contributed by atoms with E-state index in [0.29, 0.717) is 34.4 Å². The first-order chi connectivity index (χ1) is 13.2. The van der Waals surface area contributed by atoms with Crippen LogP contribution in [0.25, 0.3) is 5.57 Å². The first-order valence-corrected chi connectivity index (χ1v) is 8.94. The monoisotopic (exact) mass is 382 g/mol. The molecule has 1 aliphatic carbocycles. The Hall–Kier alpha value is -3.11. The molecule has 0 radical (unpaired) electrons. The molecule has 7 heteroatoms. The van der Waals surface area contributed by atoms with Gasteiger partial charge in [0, 0.05) is 42.4 Å². The van der Waals surface area contributed by atoms with Gasteiger partial charge in [0.25, 0.3) is 5.56 Å². The molecule has 0 bridgehead atoms. The first kappa shape index (κ1) is 19.6. The van der Waals surface area contributed by atoms with Gasteiger partial charge in [-0.1, -0.05) is 22.6 Å². The summed E-state index contributed by atoms with van der Waals surface area (Å²) in [4.78, 5) is 25.1. The predicted molar refractivity (Wildman–Crippen MR) is 102 cm³/mol. The quantitative estimate of drug-likeness (QED) is 0.643. The van der Waals surface area contributed by atoms with Crippen LogP contribution in [-0.4, -0.2) is 27.4 Å². The second-order valence-electron chi connectivity index (χ2n) is 7.02. The Morgan fingerprint density at radius 2 is 2.18 bits per heavy atom. The largest absolute Gasteiger partial charge is 0.462 e. The van der Waals surface area contributed by atoms with E-state index in [1.807, 2.05) is 0 Å². The van der Waals surface area contributed by atoms with Crippen molar-refractivity contribution < 1.29 is 19.2 Å². The van der Waals surface area contributed by atoms with E-state index in [-0.39, 0.29) is 17.9 Å². The number of ether oxygens (including phenoxy) is 1. The van der Waals surface area contributed by atoms with Gasteiger partial charge < -0.3 is 18.9 Å². The van der Waals surface area contributed by atoms with Crippen LogP contribution < -0.4 is 5.56 Å². The van der Waals surface area contributed by atoms with Crippen LogP contribution >= 0.6 is 0 Å². The molecule has 2 aromatic heterocycles. The van der Waals surface area contributed by atoms with Crippen molar-refractivity contribution in [3.8, 4) is 11.8 Å². The summed E-state index contributed by atoms with van der Waals surface area (Å²) in [6.45, 7) is 7.00. The number of hydrogen-bond donors (Lipinski definition) is 1. The molecule has 1 atom stereocenters. The van der Waals surface area contributed by atoms with Crippen LogP contribution in [0.5, 0.6) is 0 Å². The normalized spacial score (nSPS) is 14.9. The van der Waals surface area contributed by atoms with Gasteiger partial charge in [-0.25, -0.2) is 4.79 Å². The van der Waals surface area contributed by atoms with Crippen molar-refractivity contribution in [1.82, 2.24) is 9.72 Å². The Morgan fingerprint density at radius 3 is 2.79 bits per heavy atom. The van der Waals surface area contributed by atoms with Crippen LogP contribution in [0, 0.1) is 18.8 Å². The number of nitrogens with zero attached hydrogens (tertiary/aromatic N) is 2. The molecule has 0 saturated heterocycles. The molecule has 0 aliphatic heterocycles. The van der Waals surface area contributed by atoms with Crippen LogP contribution in [0.15, 0.2) is 27.2 Å². The third-order valence-corrected chi connectivity index (χ3v) is 4.62. The van der Waals surface area contributed by atoms with Gasteiger partial charge in [-0.3, -0.25) is 4.79 Å². The lowest BCUT2D eigenvalue weighted by Gasteiger charge is -2.13. The third-order valence-electron chi connectivity index (χ3n) is 4.62. The maximum Gasteiger partial charge on any atom is 0.338 e. The van der Waals surface area contributed by atoms with E-state index in [4.69, 9.17) is 9.26 Å². The highest BCUT2D eigenvalue weighted by molar-refractivity contribution is 6.19. The number of fused-ring (bicyclic) bond motifs is 1. The van der Waals surface area contributed by atoms with E-state index in [1.54, 1.807) is 40.1 Å². The molecule has 0 aromatic carbocycles. The van der Waals surface area contributed by atoms with Gasteiger partial charge in [0.1, 0.15) is 0 Å². The minimum Gasteiger partial charge on any atom is -0.462 e. The summed E-state index contributed by atoms with van der Waals surface area (Å²) in [6, 6.07) is 1.61. The molecule has 1 aliphatic rings. The molecule has 7 nitrogen and oxygen atoms in total. The fourth-order valence-corrected chi connectivity index (χ4v) is 3.23. The maximum absolute atomic E-state index is 12.6. The van der Waals surface area contributed by atoms with Gasteiger partial charge >= 0.3 is 5.97 Å². The van der Waals surface area contributed by atoms with Gasteiger partial charge in [-0.2, -0.15) is 0 Å². The summed E-state index contributed by atoms with van der Waals surface area (Å²) in [5, 5.41) is 14.4. The highest BCUT2D eigenvalue weighted by Crippen LogP contribution is 2.34. The zero-order valence-corrected chi connectivity index (χ0v) is 16.5. The molecule has 0 fully saturated rings. The number of allylic oxidation sites excluding steroid dienone is 1. The standard InChI is InChI=1S/C21H22N2O5/c1-6-27-20(25)17-12(2)9-15-18(17)14(11-23(5)19(15)24)7-8-21(4,26)16-10-13(3)22-28-16/h10-11,26H,6,9H2,1-5H3/t21-/m1/s1. The van der Waals surface area contributed by atoms with Gasteiger partial charge in [0.05, 0.1) is 17.9 Å². The molecule has 0 unspecified atom stereocenters. The number of carbonyl (C=O) groups is 1. The first-order valence-electron chi connectivity index (χ1n) is 8.94. The summed E-state index contributed by atoms with van der Waals surface area (Å²) in [7, 11) is 1.63. The maximum atomic E-state index is 12.6. The second kappa shape index (κ2) is 7.13. The van der Waals surface area contributed by atoms with E-state index in [9.17, 15) is 14.7 Å². The lowest BCUT2D eigenvalue weighted by molar-refractivity contribution is -0.136. The Bertz CT molecular complexity index is 1110. The predicted octanol–water partition coefficient (Wildman–Crippen LogP) is 1.83. The van der Waals surface area contributed by atoms with Gasteiger partial charge in [-0.15, -0.1) is 0 Å². The molecule has 0 saturated carbocycles. The Labute approximate surface area is 162 Å². The van der Waals surface area contributed by atoms with Gasteiger partial charge in [0.2, 0.25) is 0 Å². The molecule has 2 aromatic rings. The number of aliphatic hydroxyl groups is 1. The van der Waals surface area contributed by atoms with Crippen molar-refractivity contribution >= 4 is 11.5 Å². The molecule has 2 heterocycles. The Morgan fingerprint density at radius 1 is 1.46 bits per heavy atom. The fourth-order valence-electron chi connectivity index (χ4n) is 3.23. The molecule has 28 heavy (non-hydrogen) atoms. The molecule has 0 amide bonds. The average Bonchev–Trinajstić information content (AvgIpc) is 3.21.